The van der Waals surface area contributed by atoms with Crippen LogP contribution in [-0.4, -0.2) is 50.8 Å². The Labute approximate surface area is 251 Å². The zero-order chi connectivity index (χ0) is 32.0. The monoisotopic (exact) mass is 632 g/mol. The first-order valence-electron chi connectivity index (χ1n) is 13.3. The highest BCUT2D eigenvalue weighted by atomic mass is 32.2. The van der Waals surface area contributed by atoms with E-state index in [1.165, 1.54) is 26.0 Å². The molecule has 0 bridgehead atoms. The number of nitrogens with one attached hydrogen (secondary N) is 2. The van der Waals surface area contributed by atoms with Crippen LogP contribution in [0.15, 0.2) is 66.3 Å². The summed E-state index contributed by atoms with van der Waals surface area (Å²) in [5, 5.41) is 5.45. The average Bonchev–Trinajstić information content (AvgIpc) is 2.86. The maximum atomic E-state index is 12.2. The molecular formula is C29H36N4O8S2. The molecular weight excluding hydrogens is 596 g/mol. The molecule has 8 N–H and O–H groups in total. The van der Waals surface area contributed by atoms with E-state index in [1.807, 2.05) is 24.3 Å². The number of benzene rings is 2. The van der Waals surface area contributed by atoms with Crippen molar-refractivity contribution in [2.24, 2.45) is 16.9 Å². The minimum absolute atomic E-state index is 0.0176. The molecule has 232 valence electrons. The van der Waals surface area contributed by atoms with Gasteiger partial charge in [0.05, 0.1) is 5.69 Å². The molecule has 2 aromatic carbocycles. The van der Waals surface area contributed by atoms with Gasteiger partial charge in [-0.15, -0.1) is 0 Å². The molecule has 0 spiro atoms. The molecule has 2 aromatic rings. The molecule has 12 nitrogen and oxygen atoms in total. The molecule has 0 saturated carbocycles. The van der Waals surface area contributed by atoms with Crippen LogP contribution in [0.2, 0.25) is 0 Å². The Balaban J connectivity index is 2.36. The van der Waals surface area contributed by atoms with Crippen molar-refractivity contribution < 1.29 is 35.5 Å². The Morgan fingerprint density at radius 2 is 1.35 bits per heavy atom. The molecule has 0 radical (unpaired) electrons. The molecule has 0 unspecified atom stereocenters. The lowest BCUT2D eigenvalue weighted by molar-refractivity contribution is -0.115. The van der Waals surface area contributed by atoms with E-state index in [4.69, 9.17) is 11.5 Å². The van der Waals surface area contributed by atoms with Gasteiger partial charge in [0.2, 0.25) is 11.8 Å². The van der Waals surface area contributed by atoms with Crippen molar-refractivity contribution in [3.05, 3.63) is 88.5 Å². The van der Waals surface area contributed by atoms with Gasteiger partial charge in [-0.1, -0.05) is 42.5 Å². The van der Waals surface area contributed by atoms with Crippen LogP contribution in [0.1, 0.15) is 48.9 Å². The van der Waals surface area contributed by atoms with Crippen molar-refractivity contribution in [3.8, 4) is 0 Å². The number of rotatable bonds is 12. The Kier molecular flexibility index (Phi) is 10.8. The first kappa shape index (κ1) is 33.8. The standard InChI is InChI=1S/C29H36N4O8S2/c1-19(34)32-25-5-6-26(27(16-25)33-20(2)35)28(21-7-9-29(10-8-21,11-13-30)12-14-31)22-3-4-23(17-42(36,37)38)24(15-22)18-43(39,40)41/h3-10,15-16H,11-14,17-18,30-31H2,1-2H3,(H,32,34)(H,33,35)(H,36,37,38)(H,39,40,41). The molecule has 0 fully saturated rings. The molecule has 0 atom stereocenters. The highest BCUT2D eigenvalue weighted by Crippen LogP contribution is 2.40. The SMILES string of the molecule is CC(=O)Nc1ccc(C(=C2C=CC(CCN)(CCN)C=C2)c2ccc(CS(=O)(=O)O)c(CS(=O)(=O)O)c2)c(NC(C)=O)c1. The number of nitrogens with two attached hydrogens (primary N) is 2. The lowest BCUT2D eigenvalue weighted by atomic mass is 9.76. The van der Waals surface area contributed by atoms with Gasteiger partial charge in [0, 0.05) is 30.5 Å². The third kappa shape index (κ3) is 9.68. The second-order valence-electron chi connectivity index (χ2n) is 10.4. The van der Waals surface area contributed by atoms with Crippen molar-refractivity contribution in [3.63, 3.8) is 0 Å². The van der Waals surface area contributed by atoms with Gasteiger partial charge >= 0.3 is 0 Å². The van der Waals surface area contributed by atoms with Crippen LogP contribution in [0, 0.1) is 5.41 Å². The van der Waals surface area contributed by atoms with Gasteiger partial charge in [-0.25, -0.2) is 0 Å². The van der Waals surface area contributed by atoms with Crippen LogP contribution in [0.5, 0.6) is 0 Å². The minimum Gasteiger partial charge on any atom is -0.330 e. The summed E-state index contributed by atoms with van der Waals surface area (Å²) < 4.78 is 66.1. The van der Waals surface area contributed by atoms with Gasteiger partial charge in [-0.2, -0.15) is 16.8 Å². The summed E-state index contributed by atoms with van der Waals surface area (Å²) in [6, 6.07) is 9.22. The number of carbonyl (C=O) groups is 2. The number of anilines is 2. The zero-order valence-electron chi connectivity index (χ0n) is 23.8. The van der Waals surface area contributed by atoms with Crippen LogP contribution in [-0.2, 0) is 41.3 Å². The third-order valence-corrected chi connectivity index (χ3v) is 8.14. The first-order valence-corrected chi connectivity index (χ1v) is 16.5. The normalized spacial score (nSPS) is 14.4. The van der Waals surface area contributed by atoms with Crippen LogP contribution >= 0.6 is 0 Å². The Morgan fingerprint density at radius 3 is 1.86 bits per heavy atom. The smallest absolute Gasteiger partial charge is 0.269 e. The fraction of sp³-hybridized carbons (Fsp3) is 0.310. The fourth-order valence-electron chi connectivity index (χ4n) is 5.05. The second-order valence-corrected chi connectivity index (χ2v) is 13.3. The summed E-state index contributed by atoms with van der Waals surface area (Å²) in [5.74, 6) is -2.48. The van der Waals surface area contributed by atoms with Gasteiger partial charge in [-0.05, 0) is 72.0 Å². The van der Waals surface area contributed by atoms with E-state index in [0.717, 1.165) is 0 Å². The summed E-state index contributed by atoms with van der Waals surface area (Å²) in [6.45, 7) is 3.51. The summed E-state index contributed by atoms with van der Waals surface area (Å²) >= 11 is 0. The number of hydrogen-bond donors (Lipinski definition) is 6. The first-order chi connectivity index (χ1) is 20.0. The van der Waals surface area contributed by atoms with Crippen LogP contribution < -0.4 is 22.1 Å². The third-order valence-electron chi connectivity index (χ3n) is 6.79. The van der Waals surface area contributed by atoms with Crippen molar-refractivity contribution in [2.45, 2.75) is 38.2 Å². The van der Waals surface area contributed by atoms with Crippen molar-refractivity contribution in [1.82, 2.24) is 0 Å². The molecule has 14 heteroatoms. The number of carbonyl (C=O) groups excluding carboxylic acids is 2. The van der Waals surface area contributed by atoms with E-state index in [9.17, 15) is 35.5 Å². The van der Waals surface area contributed by atoms with Crippen molar-refractivity contribution in [2.75, 3.05) is 23.7 Å². The fourth-order valence-corrected chi connectivity index (χ4v) is 6.39. The highest BCUT2D eigenvalue weighted by Gasteiger charge is 2.26. The van der Waals surface area contributed by atoms with Crippen LogP contribution in [0.25, 0.3) is 5.57 Å². The second kappa shape index (κ2) is 13.8. The van der Waals surface area contributed by atoms with E-state index in [0.29, 0.717) is 59.6 Å². The van der Waals surface area contributed by atoms with Gasteiger partial charge in [0.1, 0.15) is 11.5 Å². The van der Waals surface area contributed by atoms with Gasteiger partial charge in [0.25, 0.3) is 20.2 Å². The quantitative estimate of drug-likeness (QED) is 0.188. The lowest BCUT2D eigenvalue weighted by Gasteiger charge is -2.30. The Morgan fingerprint density at radius 1 is 0.791 bits per heavy atom. The summed E-state index contributed by atoms with van der Waals surface area (Å²) in [7, 11) is -9.13. The van der Waals surface area contributed by atoms with Crippen LogP contribution in [0.3, 0.4) is 0 Å². The largest absolute Gasteiger partial charge is 0.330 e. The number of amides is 2. The zero-order valence-corrected chi connectivity index (χ0v) is 25.5. The average molecular weight is 633 g/mol. The molecule has 1 aliphatic rings. The molecule has 1 aliphatic carbocycles. The number of allylic oxidation sites excluding steroid dienone is 5. The molecule has 3 rings (SSSR count). The Hall–Kier alpha value is -3.66. The molecule has 2 amide bonds. The van der Waals surface area contributed by atoms with E-state index in [-0.39, 0.29) is 28.4 Å². The molecule has 0 aromatic heterocycles. The predicted octanol–water partition coefficient (Wildman–Crippen LogP) is 2.99. The van der Waals surface area contributed by atoms with Gasteiger partial charge < -0.3 is 22.1 Å². The lowest BCUT2D eigenvalue weighted by Crippen LogP contribution is -2.25. The molecule has 0 saturated heterocycles. The summed E-state index contributed by atoms with van der Waals surface area (Å²) in [4.78, 5) is 23.9. The predicted molar refractivity (Wildman–Crippen MR) is 166 cm³/mol. The van der Waals surface area contributed by atoms with E-state index < -0.39 is 31.7 Å². The van der Waals surface area contributed by atoms with Crippen molar-refractivity contribution in [1.29, 1.82) is 0 Å². The van der Waals surface area contributed by atoms with E-state index in [2.05, 4.69) is 10.6 Å². The number of hydrogen-bond acceptors (Lipinski definition) is 8. The topological polar surface area (TPSA) is 219 Å². The maximum Gasteiger partial charge on any atom is 0.269 e. The molecule has 0 aliphatic heterocycles. The van der Waals surface area contributed by atoms with Crippen molar-refractivity contribution >= 4 is 49.0 Å². The molecule has 43 heavy (non-hydrogen) atoms. The van der Waals surface area contributed by atoms with Gasteiger partial charge in [0.15, 0.2) is 0 Å². The maximum absolute atomic E-state index is 12.2. The summed E-state index contributed by atoms with van der Waals surface area (Å²) in [5.41, 5.74) is 14.1. The van der Waals surface area contributed by atoms with Gasteiger partial charge in [-0.3, -0.25) is 18.7 Å². The van der Waals surface area contributed by atoms with E-state index in [1.54, 1.807) is 24.3 Å². The Bertz CT molecular complexity index is 1690. The summed E-state index contributed by atoms with van der Waals surface area (Å²) in [6.07, 6.45) is 8.99. The minimum atomic E-state index is -4.60. The molecule has 0 heterocycles. The highest BCUT2D eigenvalue weighted by molar-refractivity contribution is 7.85. The van der Waals surface area contributed by atoms with Crippen LogP contribution in [0.4, 0.5) is 11.4 Å². The van der Waals surface area contributed by atoms with E-state index >= 15 is 0 Å².